The van der Waals surface area contributed by atoms with E-state index in [9.17, 15) is 9.59 Å². The van der Waals surface area contributed by atoms with Crippen molar-refractivity contribution in [2.75, 3.05) is 26.7 Å². The van der Waals surface area contributed by atoms with Crippen molar-refractivity contribution in [3.05, 3.63) is 0 Å². The predicted octanol–water partition coefficient (Wildman–Crippen LogP) is 0.0871. The molecule has 5 nitrogen and oxygen atoms in total. The van der Waals surface area contributed by atoms with E-state index < -0.39 is 0 Å². The number of methoxy groups -OCH3 is 1. The summed E-state index contributed by atoms with van der Waals surface area (Å²) >= 11 is 0. The van der Waals surface area contributed by atoms with Gasteiger partial charge in [0.25, 0.3) is 0 Å². The molecule has 2 N–H and O–H groups in total. The number of nitrogens with one attached hydrogen (secondary N) is 2. The molecular formula is C10H19ClN2O3. The van der Waals surface area contributed by atoms with Crippen LogP contribution in [-0.4, -0.2) is 38.6 Å². The van der Waals surface area contributed by atoms with Crippen LogP contribution >= 0.6 is 12.4 Å². The second kappa shape index (κ2) is 8.35. The van der Waals surface area contributed by atoms with Crippen LogP contribution in [0.3, 0.4) is 0 Å². The number of ether oxygens (including phenoxy) is 1. The van der Waals surface area contributed by atoms with Gasteiger partial charge in [0.15, 0.2) is 0 Å². The standard InChI is InChI=1S/C10H18N2O3.ClH/c1-15-9(13)4-6-12-10(14)8-3-2-5-11-7-8;/h8,11H,2-7H2,1H3,(H,12,14);1H/t8-;/m1./s1. The lowest BCUT2D eigenvalue weighted by atomic mass is 9.99. The molecule has 1 atom stereocenters. The van der Waals surface area contributed by atoms with E-state index >= 15 is 0 Å². The maximum Gasteiger partial charge on any atom is 0.307 e. The van der Waals surface area contributed by atoms with Gasteiger partial charge in [-0.3, -0.25) is 9.59 Å². The van der Waals surface area contributed by atoms with Gasteiger partial charge in [-0.05, 0) is 19.4 Å². The third kappa shape index (κ3) is 5.32. The van der Waals surface area contributed by atoms with Crippen molar-refractivity contribution in [3.8, 4) is 0 Å². The molecule has 0 aliphatic carbocycles. The molecule has 0 aromatic heterocycles. The molecule has 6 heteroatoms. The van der Waals surface area contributed by atoms with Crippen molar-refractivity contribution in [1.82, 2.24) is 10.6 Å². The average molecular weight is 251 g/mol. The van der Waals surface area contributed by atoms with E-state index in [0.29, 0.717) is 6.54 Å². The summed E-state index contributed by atoms with van der Waals surface area (Å²) in [5.41, 5.74) is 0. The van der Waals surface area contributed by atoms with Crippen molar-refractivity contribution in [1.29, 1.82) is 0 Å². The Morgan fingerprint density at radius 2 is 2.25 bits per heavy atom. The van der Waals surface area contributed by atoms with Gasteiger partial charge in [0.1, 0.15) is 0 Å². The molecule has 0 saturated carbocycles. The summed E-state index contributed by atoms with van der Waals surface area (Å²) in [7, 11) is 1.34. The molecule has 0 aromatic carbocycles. The number of carbonyl (C=O) groups is 2. The molecule has 0 bridgehead atoms. The Hall–Kier alpha value is -0.810. The molecule has 94 valence electrons. The summed E-state index contributed by atoms with van der Waals surface area (Å²) < 4.78 is 4.47. The Morgan fingerprint density at radius 1 is 1.50 bits per heavy atom. The van der Waals surface area contributed by atoms with Gasteiger partial charge in [-0.2, -0.15) is 0 Å². The highest BCUT2D eigenvalue weighted by Crippen LogP contribution is 2.09. The number of hydrogen-bond acceptors (Lipinski definition) is 4. The topological polar surface area (TPSA) is 67.4 Å². The van der Waals surface area contributed by atoms with E-state index in [0.717, 1.165) is 25.9 Å². The van der Waals surface area contributed by atoms with Crippen molar-refractivity contribution < 1.29 is 14.3 Å². The Morgan fingerprint density at radius 3 is 2.81 bits per heavy atom. The zero-order chi connectivity index (χ0) is 11.1. The van der Waals surface area contributed by atoms with Gasteiger partial charge in [0.05, 0.1) is 19.4 Å². The summed E-state index contributed by atoms with van der Waals surface area (Å²) in [6.07, 6.45) is 2.20. The van der Waals surface area contributed by atoms with Crippen LogP contribution in [0.4, 0.5) is 0 Å². The number of halogens is 1. The molecule has 1 aliphatic rings. The molecule has 0 spiro atoms. The third-order valence-electron chi connectivity index (χ3n) is 2.52. The third-order valence-corrected chi connectivity index (χ3v) is 2.52. The Balaban J connectivity index is 0.00000225. The summed E-state index contributed by atoms with van der Waals surface area (Å²) in [6, 6.07) is 0. The van der Waals surface area contributed by atoms with Crippen molar-refractivity contribution in [2.45, 2.75) is 19.3 Å². The maximum atomic E-state index is 11.6. The van der Waals surface area contributed by atoms with E-state index in [1.165, 1.54) is 7.11 Å². The number of rotatable bonds is 4. The predicted molar refractivity (Wildman–Crippen MR) is 62.5 cm³/mol. The smallest absolute Gasteiger partial charge is 0.307 e. The number of amides is 1. The zero-order valence-electron chi connectivity index (χ0n) is 9.45. The van der Waals surface area contributed by atoms with Gasteiger partial charge < -0.3 is 15.4 Å². The zero-order valence-corrected chi connectivity index (χ0v) is 10.3. The minimum Gasteiger partial charge on any atom is -0.469 e. The summed E-state index contributed by atoms with van der Waals surface area (Å²) in [4.78, 5) is 22.3. The lowest BCUT2D eigenvalue weighted by Crippen LogP contribution is -2.41. The highest BCUT2D eigenvalue weighted by atomic mass is 35.5. The van der Waals surface area contributed by atoms with Gasteiger partial charge in [0, 0.05) is 13.1 Å². The fourth-order valence-corrected chi connectivity index (χ4v) is 1.61. The largest absolute Gasteiger partial charge is 0.469 e. The second-order valence-electron chi connectivity index (χ2n) is 3.66. The van der Waals surface area contributed by atoms with Crippen molar-refractivity contribution in [3.63, 3.8) is 0 Å². The van der Waals surface area contributed by atoms with Gasteiger partial charge in [-0.15, -0.1) is 12.4 Å². The molecule has 1 rings (SSSR count). The van der Waals surface area contributed by atoms with Crippen molar-refractivity contribution in [2.24, 2.45) is 5.92 Å². The summed E-state index contributed by atoms with van der Waals surface area (Å²) in [6.45, 7) is 2.10. The van der Waals surface area contributed by atoms with Crippen LogP contribution in [0.5, 0.6) is 0 Å². The first-order valence-corrected chi connectivity index (χ1v) is 5.29. The molecule has 0 unspecified atom stereocenters. The van der Waals surface area contributed by atoms with E-state index in [4.69, 9.17) is 0 Å². The molecule has 1 fully saturated rings. The molecule has 0 radical (unpaired) electrons. The van der Waals surface area contributed by atoms with Gasteiger partial charge in [-0.25, -0.2) is 0 Å². The molecular weight excluding hydrogens is 232 g/mol. The first-order chi connectivity index (χ1) is 7.24. The minimum absolute atomic E-state index is 0. The van der Waals surface area contributed by atoms with Crippen LogP contribution in [0.25, 0.3) is 0 Å². The van der Waals surface area contributed by atoms with Crippen LogP contribution in [0, 0.1) is 5.92 Å². The molecule has 1 saturated heterocycles. The molecule has 1 aliphatic heterocycles. The Kier molecular flexibility index (Phi) is 7.93. The fraction of sp³-hybridized carbons (Fsp3) is 0.800. The van der Waals surface area contributed by atoms with E-state index in [1.54, 1.807) is 0 Å². The van der Waals surface area contributed by atoms with Gasteiger partial charge >= 0.3 is 5.97 Å². The molecule has 0 aromatic rings. The van der Waals surface area contributed by atoms with Crippen LogP contribution < -0.4 is 10.6 Å². The molecule has 1 amide bonds. The monoisotopic (exact) mass is 250 g/mol. The first kappa shape index (κ1) is 15.2. The van der Waals surface area contributed by atoms with Gasteiger partial charge in [0.2, 0.25) is 5.91 Å². The lowest BCUT2D eigenvalue weighted by molar-refractivity contribution is -0.140. The van der Waals surface area contributed by atoms with Crippen LogP contribution in [0.15, 0.2) is 0 Å². The highest BCUT2D eigenvalue weighted by molar-refractivity contribution is 5.85. The minimum atomic E-state index is -0.294. The maximum absolute atomic E-state index is 11.6. The Labute approximate surface area is 102 Å². The number of piperidine rings is 1. The summed E-state index contributed by atoms with van der Waals surface area (Å²) in [5.74, 6) is -0.209. The fourth-order valence-electron chi connectivity index (χ4n) is 1.61. The first-order valence-electron chi connectivity index (χ1n) is 5.29. The quantitative estimate of drug-likeness (QED) is 0.694. The SMILES string of the molecule is COC(=O)CCNC(=O)[C@@H]1CCCNC1.Cl. The van der Waals surface area contributed by atoms with Crippen LogP contribution in [0.2, 0.25) is 0 Å². The van der Waals surface area contributed by atoms with Crippen LogP contribution in [-0.2, 0) is 14.3 Å². The van der Waals surface area contributed by atoms with Gasteiger partial charge in [-0.1, -0.05) is 0 Å². The average Bonchev–Trinajstić information content (AvgIpc) is 2.29. The molecule has 1 heterocycles. The lowest BCUT2D eigenvalue weighted by Gasteiger charge is -2.21. The number of esters is 1. The normalized spacial score (nSPS) is 19.4. The van der Waals surface area contributed by atoms with E-state index in [1.807, 2.05) is 0 Å². The molecule has 16 heavy (non-hydrogen) atoms. The number of hydrogen-bond donors (Lipinski definition) is 2. The number of carbonyl (C=O) groups excluding carboxylic acids is 2. The van der Waals surface area contributed by atoms with E-state index in [2.05, 4.69) is 15.4 Å². The summed E-state index contributed by atoms with van der Waals surface area (Å²) in [5, 5.41) is 5.91. The van der Waals surface area contributed by atoms with E-state index in [-0.39, 0.29) is 36.6 Å². The highest BCUT2D eigenvalue weighted by Gasteiger charge is 2.20. The Bertz CT molecular complexity index is 230. The second-order valence-corrected chi connectivity index (χ2v) is 3.66. The van der Waals surface area contributed by atoms with Crippen LogP contribution in [0.1, 0.15) is 19.3 Å². The van der Waals surface area contributed by atoms with Crippen molar-refractivity contribution >= 4 is 24.3 Å².